The fraction of sp³-hybridized carbons (Fsp3) is 0. The molecular weight excluding hydrogens is 224 g/mol. The van der Waals surface area contributed by atoms with Crippen LogP contribution < -0.4 is 0 Å². The molecule has 0 spiro atoms. The van der Waals surface area contributed by atoms with Crippen LogP contribution in [0, 0.1) is 6.07 Å². The average molecular weight is 233 g/mol. The summed E-state index contributed by atoms with van der Waals surface area (Å²) in [5, 5.41) is 1.06. The highest BCUT2D eigenvalue weighted by atomic mass is 16.3. The van der Waals surface area contributed by atoms with Crippen LogP contribution >= 0.6 is 0 Å². The lowest BCUT2D eigenvalue weighted by Gasteiger charge is -1.97. The number of aromatic amines is 1. The van der Waals surface area contributed by atoms with Crippen LogP contribution in [-0.2, 0) is 0 Å². The summed E-state index contributed by atoms with van der Waals surface area (Å²) in [6.45, 7) is 0. The Morgan fingerprint density at radius 1 is 1.17 bits per heavy atom. The molecule has 0 atom stereocenters. The van der Waals surface area contributed by atoms with Crippen LogP contribution in [0.15, 0.2) is 53.2 Å². The molecule has 2 aromatic heterocycles. The molecular formula is C15H9N2O. The summed E-state index contributed by atoms with van der Waals surface area (Å²) in [5.74, 6) is 0.824. The number of hydrogen-bond donors (Lipinski definition) is 1. The van der Waals surface area contributed by atoms with Gasteiger partial charge in [-0.2, -0.15) is 0 Å². The lowest BCUT2D eigenvalue weighted by molar-refractivity contribution is 0.631. The largest absolute Gasteiger partial charge is 0.455 e. The molecule has 18 heavy (non-hydrogen) atoms. The molecule has 3 nitrogen and oxygen atoms in total. The Balaban J connectivity index is 2.04. The number of furan rings is 1. The number of benzene rings is 2. The van der Waals surface area contributed by atoms with Gasteiger partial charge < -0.3 is 9.40 Å². The van der Waals surface area contributed by atoms with Crippen LogP contribution in [0.4, 0.5) is 0 Å². The maximum atomic E-state index is 5.82. The van der Waals surface area contributed by atoms with Gasteiger partial charge in [0, 0.05) is 17.0 Å². The maximum Gasteiger partial charge on any atom is 0.142 e. The van der Waals surface area contributed by atoms with Crippen molar-refractivity contribution < 1.29 is 4.42 Å². The topological polar surface area (TPSA) is 41.8 Å². The van der Waals surface area contributed by atoms with E-state index in [1.807, 2.05) is 42.5 Å². The molecule has 4 rings (SSSR count). The Hall–Kier alpha value is -2.55. The summed E-state index contributed by atoms with van der Waals surface area (Å²) in [5.41, 5.74) is 3.71. The molecule has 2 heterocycles. The molecule has 0 saturated heterocycles. The molecule has 4 aromatic rings. The van der Waals surface area contributed by atoms with Gasteiger partial charge in [-0.15, -0.1) is 0 Å². The molecule has 1 N–H and O–H groups in total. The zero-order chi connectivity index (χ0) is 11.9. The van der Waals surface area contributed by atoms with E-state index < -0.39 is 0 Å². The van der Waals surface area contributed by atoms with E-state index in [9.17, 15) is 0 Å². The summed E-state index contributed by atoms with van der Waals surface area (Å²) in [7, 11) is 0. The fourth-order valence-electron chi connectivity index (χ4n) is 2.21. The Labute approximate surface area is 103 Å². The Kier molecular flexibility index (Phi) is 1.83. The first-order chi connectivity index (χ1) is 8.92. The monoisotopic (exact) mass is 233 g/mol. The normalized spacial score (nSPS) is 11.3. The number of H-pyrrole nitrogens is 1. The Morgan fingerprint density at radius 2 is 2.17 bits per heavy atom. The molecule has 3 heteroatoms. The maximum absolute atomic E-state index is 5.82. The summed E-state index contributed by atoms with van der Waals surface area (Å²) < 4.78 is 5.82. The minimum atomic E-state index is 0.778. The summed E-state index contributed by atoms with van der Waals surface area (Å²) >= 11 is 0. The molecule has 0 bridgehead atoms. The van der Waals surface area contributed by atoms with E-state index in [2.05, 4.69) is 16.0 Å². The van der Waals surface area contributed by atoms with E-state index in [0.29, 0.717) is 0 Å². The van der Waals surface area contributed by atoms with Crippen molar-refractivity contribution in [1.82, 2.24) is 9.97 Å². The van der Waals surface area contributed by atoms with Crippen LogP contribution in [0.2, 0.25) is 0 Å². The highest BCUT2D eigenvalue weighted by Gasteiger charge is 2.10. The predicted molar refractivity (Wildman–Crippen MR) is 70.1 cm³/mol. The number of hydrogen-bond acceptors (Lipinski definition) is 2. The minimum Gasteiger partial charge on any atom is -0.455 e. The Morgan fingerprint density at radius 3 is 3.11 bits per heavy atom. The van der Waals surface area contributed by atoms with Crippen molar-refractivity contribution in [2.24, 2.45) is 0 Å². The molecule has 0 unspecified atom stereocenters. The second kappa shape index (κ2) is 3.47. The van der Waals surface area contributed by atoms with Gasteiger partial charge in [0.15, 0.2) is 0 Å². The van der Waals surface area contributed by atoms with Crippen molar-refractivity contribution >= 4 is 22.0 Å². The van der Waals surface area contributed by atoms with Crippen molar-refractivity contribution in [1.29, 1.82) is 0 Å². The van der Waals surface area contributed by atoms with Crippen LogP contribution in [0.5, 0.6) is 0 Å². The van der Waals surface area contributed by atoms with E-state index in [4.69, 9.17) is 4.42 Å². The zero-order valence-electron chi connectivity index (χ0n) is 9.47. The first kappa shape index (κ1) is 9.48. The number of aromatic nitrogens is 2. The zero-order valence-corrected chi connectivity index (χ0v) is 9.47. The molecule has 0 aliphatic carbocycles. The molecule has 2 aromatic carbocycles. The van der Waals surface area contributed by atoms with Crippen molar-refractivity contribution in [3.8, 4) is 11.3 Å². The first-order valence-electron chi connectivity index (χ1n) is 5.74. The average Bonchev–Trinajstić information content (AvgIpc) is 3.04. The highest BCUT2D eigenvalue weighted by Crippen LogP contribution is 2.31. The number of imidazole rings is 1. The number of rotatable bonds is 1. The smallest absolute Gasteiger partial charge is 0.142 e. The van der Waals surface area contributed by atoms with E-state index in [0.717, 1.165) is 33.3 Å². The number of fused-ring (bicyclic) bond motifs is 2. The number of nitrogens with one attached hydrogen (secondary N) is 1. The van der Waals surface area contributed by atoms with Crippen LogP contribution in [0.3, 0.4) is 0 Å². The van der Waals surface area contributed by atoms with Gasteiger partial charge in [-0.05, 0) is 18.2 Å². The second-order valence-corrected chi connectivity index (χ2v) is 4.17. The minimum absolute atomic E-state index is 0.778. The van der Waals surface area contributed by atoms with E-state index in [1.54, 1.807) is 6.33 Å². The van der Waals surface area contributed by atoms with Crippen molar-refractivity contribution in [3.05, 3.63) is 54.9 Å². The van der Waals surface area contributed by atoms with Gasteiger partial charge in [0.2, 0.25) is 0 Å². The second-order valence-electron chi connectivity index (χ2n) is 4.17. The van der Waals surface area contributed by atoms with Gasteiger partial charge in [-0.3, -0.25) is 0 Å². The fourth-order valence-corrected chi connectivity index (χ4v) is 2.21. The van der Waals surface area contributed by atoms with E-state index >= 15 is 0 Å². The third-order valence-electron chi connectivity index (χ3n) is 3.06. The van der Waals surface area contributed by atoms with Crippen molar-refractivity contribution in [2.45, 2.75) is 0 Å². The molecule has 0 fully saturated rings. The summed E-state index contributed by atoms with van der Waals surface area (Å²) in [4.78, 5) is 7.44. The van der Waals surface area contributed by atoms with Crippen LogP contribution in [-0.4, -0.2) is 9.97 Å². The van der Waals surface area contributed by atoms with Crippen LogP contribution in [0.25, 0.3) is 33.3 Å². The van der Waals surface area contributed by atoms with Gasteiger partial charge in [-0.25, -0.2) is 4.98 Å². The predicted octanol–water partition coefficient (Wildman–Crippen LogP) is 3.78. The Bertz CT molecular complexity index is 809. The third kappa shape index (κ3) is 1.27. The lowest BCUT2D eigenvalue weighted by atomic mass is 10.1. The molecule has 0 aliphatic heterocycles. The lowest BCUT2D eigenvalue weighted by Crippen LogP contribution is -1.77. The van der Waals surface area contributed by atoms with Crippen LogP contribution in [0.1, 0.15) is 0 Å². The quantitative estimate of drug-likeness (QED) is 0.543. The van der Waals surface area contributed by atoms with Crippen molar-refractivity contribution in [2.75, 3.05) is 0 Å². The standard InChI is InChI=1S/C15H9N2O/c1-2-7-13-10(4-1)8-14(18-13)11-5-3-6-12-15(11)17-9-16-12/h1-6,8-9H,(H,16,17). The number of nitrogens with zero attached hydrogens (tertiary/aromatic N) is 1. The first-order valence-corrected chi connectivity index (χ1v) is 5.74. The highest BCUT2D eigenvalue weighted by molar-refractivity contribution is 5.93. The third-order valence-corrected chi connectivity index (χ3v) is 3.06. The number of para-hydroxylation sites is 2. The van der Waals surface area contributed by atoms with Gasteiger partial charge >= 0.3 is 0 Å². The van der Waals surface area contributed by atoms with Gasteiger partial charge in [0.25, 0.3) is 0 Å². The molecule has 1 radical (unpaired) electrons. The van der Waals surface area contributed by atoms with Gasteiger partial charge in [0.05, 0.1) is 17.4 Å². The van der Waals surface area contributed by atoms with E-state index in [-0.39, 0.29) is 0 Å². The van der Waals surface area contributed by atoms with Gasteiger partial charge in [0.1, 0.15) is 11.3 Å². The molecule has 0 saturated carbocycles. The summed E-state index contributed by atoms with van der Waals surface area (Å²) in [6, 6.07) is 16.9. The van der Waals surface area contributed by atoms with Crippen molar-refractivity contribution in [3.63, 3.8) is 0 Å². The molecule has 85 valence electrons. The van der Waals surface area contributed by atoms with Gasteiger partial charge in [-0.1, -0.05) is 24.3 Å². The summed E-state index contributed by atoms with van der Waals surface area (Å²) in [6.07, 6.45) is 1.70. The molecule has 0 aliphatic rings. The molecule has 0 amide bonds. The van der Waals surface area contributed by atoms with E-state index in [1.165, 1.54) is 0 Å². The SMILES string of the molecule is [c]1cccc2cc(-c3cccc4[nH]cnc34)oc12.